The number of hydrogen-bond donors (Lipinski definition) is 1. The number of nitrogens with two attached hydrogens (primary N) is 1. The predicted molar refractivity (Wildman–Crippen MR) is 69.1 cm³/mol. The summed E-state index contributed by atoms with van der Waals surface area (Å²) in [5.41, 5.74) is 9.98. The highest BCUT2D eigenvalue weighted by Crippen LogP contribution is 2.29. The lowest BCUT2D eigenvalue weighted by molar-refractivity contribution is 0.526. The van der Waals surface area contributed by atoms with E-state index in [1.165, 1.54) is 0 Å². The molecular formula is C13H12N2OS. The quantitative estimate of drug-likeness (QED) is 0.752. The fourth-order valence-electron chi connectivity index (χ4n) is 1.90. The third kappa shape index (κ3) is 1.75. The summed E-state index contributed by atoms with van der Waals surface area (Å²) in [4.78, 5) is 5.05. The highest BCUT2D eigenvalue weighted by Gasteiger charge is 2.16. The lowest BCUT2D eigenvalue weighted by atomic mass is 10.1. The number of rotatable bonds is 2. The monoisotopic (exact) mass is 244 g/mol. The van der Waals surface area contributed by atoms with Crippen LogP contribution < -0.4 is 5.73 Å². The Bertz CT molecular complexity index is 643. The fourth-order valence-corrected chi connectivity index (χ4v) is 2.53. The Morgan fingerprint density at radius 1 is 1.41 bits per heavy atom. The van der Waals surface area contributed by atoms with Gasteiger partial charge in [-0.1, -0.05) is 18.2 Å². The molecule has 86 valence electrons. The van der Waals surface area contributed by atoms with E-state index in [1.807, 2.05) is 31.2 Å². The average Bonchev–Trinajstić information content (AvgIpc) is 2.98. The van der Waals surface area contributed by atoms with Gasteiger partial charge in [0.25, 0.3) is 0 Å². The Labute approximate surface area is 103 Å². The Kier molecular flexibility index (Phi) is 2.46. The fraction of sp³-hybridized carbons (Fsp3) is 0.154. The summed E-state index contributed by atoms with van der Waals surface area (Å²) in [5.74, 6) is 0.790. The van der Waals surface area contributed by atoms with Crippen LogP contribution in [0.2, 0.25) is 0 Å². The smallest absolute Gasteiger partial charge is 0.137 e. The summed E-state index contributed by atoms with van der Waals surface area (Å²) in [5, 5.41) is 1.10. The van der Waals surface area contributed by atoms with Gasteiger partial charge in [0.05, 0.1) is 11.6 Å². The molecule has 1 aromatic carbocycles. The van der Waals surface area contributed by atoms with E-state index in [1.54, 1.807) is 23.0 Å². The van der Waals surface area contributed by atoms with Crippen molar-refractivity contribution in [3.63, 3.8) is 0 Å². The highest BCUT2D eigenvalue weighted by atomic mass is 32.1. The summed E-state index contributed by atoms with van der Waals surface area (Å²) in [6.45, 7) is 2.04. The van der Waals surface area contributed by atoms with Crippen LogP contribution in [0.1, 0.15) is 22.2 Å². The maximum atomic E-state index is 6.15. The number of fused-ring (bicyclic) bond motifs is 1. The largest absolute Gasteiger partial charge is 0.459 e. The molecule has 0 aliphatic heterocycles. The van der Waals surface area contributed by atoms with Gasteiger partial charge in [0.1, 0.15) is 11.3 Å². The number of nitrogens with zero attached hydrogens (tertiary/aromatic N) is 1. The molecule has 2 heterocycles. The van der Waals surface area contributed by atoms with Gasteiger partial charge < -0.3 is 10.2 Å². The van der Waals surface area contributed by atoms with Crippen molar-refractivity contribution < 1.29 is 4.42 Å². The maximum Gasteiger partial charge on any atom is 0.137 e. The van der Waals surface area contributed by atoms with Gasteiger partial charge in [-0.2, -0.15) is 0 Å². The van der Waals surface area contributed by atoms with Gasteiger partial charge in [-0.15, -0.1) is 11.3 Å². The highest BCUT2D eigenvalue weighted by molar-refractivity contribution is 7.09. The molecule has 3 nitrogen and oxygen atoms in total. The molecule has 0 aliphatic rings. The van der Waals surface area contributed by atoms with Crippen LogP contribution in [-0.4, -0.2) is 4.98 Å². The van der Waals surface area contributed by atoms with Crippen LogP contribution in [0.3, 0.4) is 0 Å². The number of furan rings is 1. The first-order valence-electron chi connectivity index (χ1n) is 5.39. The van der Waals surface area contributed by atoms with E-state index in [-0.39, 0.29) is 6.04 Å². The molecule has 3 aromatic rings. The topological polar surface area (TPSA) is 52.0 Å². The first-order chi connectivity index (χ1) is 8.25. The molecule has 2 N–H and O–H groups in total. The van der Waals surface area contributed by atoms with E-state index in [4.69, 9.17) is 10.2 Å². The minimum absolute atomic E-state index is 0.228. The summed E-state index contributed by atoms with van der Waals surface area (Å²) < 4.78 is 5.84. The molecule has 0 amide bonds. The molecule has 0 fully saturated rings. The first-order valence-corrected chi connectivity index (χ1v) is 6.26. The number of hydrogen-bond acceptors (Lipinski definition) is 4. The van der Waals surface area contributed by atoms with E-state index in [2.05, 4.69) is 4.98 Å². The van der Waals surface area contributed by atoms with Crippen LogP contribution in [-0.2, 0) is 0 Å². The standard InChI is InChI=1S/C13H12N2OS/c1-8-3-2-4-9-5-10(16-13(8)9)12(14)11-6-15-7-17-11/h2-7,12H,14H2,1H3. The van der Waals surface area contributed by atoms with Crippen LogP contribution >= 0.6 is 11.3 Å². The molecule has 0 saturated carbocycles. The Hall–Kier alpha value is -1.65. The van der Waals surface area contributed by atoms with E-state index in [9.17, 15) is 0 Å². The van der Waals surface area contributed by atoms with E-state index >= 15 is 0 Å². The van der Waals surface area contributed by atoms with Crippen molar-refractivity contribution in [1.29, 1.82) is 0 Å². The van der Waals surface area contributed by atoms with Gasteiger partial charge in [-0.3, -0.25) is 4.98 Å². The molecular weight excluding hydrogens is 232 g/mol. The molecule has 17 heavy (non-hydrogen) atoms. The second-order valence-corrected chi connectivity index (χ2v) is 4.94. The number of benzene rings is 1. The average molecular weight is 244 g/mol. The van der Waals surface area contributed by atoms with Crippen molar-refractivity contribution in [2.24, 2.45) is 5.73 Å². The Morgan fingerprint density at radius 2 is 2.29 bits per heavy atom. The number of aryl methyl sites for hydroxylation is 1. The summed E-state index contributed by atoms with van der Waals surface area (Å²) in [7, 11) is 0. The van der Waals surface area contributed by atoms with Gasteiger partial charge in [0, 0.05) is 16.5 Å². The van der Waals surface area contributed by atoms with Crippen LogP contribution in [0, 0.1) is 6.92 Å². The molecule has 0 aliphatic carbocycles. The molecule has 3 rings (SSSR count). The van der Waals surface area contributed by atoms with Crippen molar-refractivity contribution in [3.05, 3.63) is 52.2 Å². The van der Waals surface area contributed by atoms with Gasteiger partial charge in [0.15, 0.2) is 0 Å². The van der Waals surface area contributed by atoms with Gasteiger partial charge in [-0.25, -0.2) is 0 Å². The van der Waals surface area contributed by atoms with E-state index in [0.717, 1.165) is 27.2 Å². The van der Waals surface area contributed by atoms with Crippen LogP contribution in [0.5, 0.6) is 0 Å². The zero-order valence-corrected chi connectivity index (χ0v) is 10.2. The SMILES string of the molecule is Cc1cccc2cc(C(N)c3cncs3)oc12. The number of aromatic nitrogens is 1. The maximum absolute atomic E-state index is 6.15. The molecule has 2 aromatic heterocycles. The van der Waals surface area contributed by atoms with E-state index in [0.29, 0.717) is 0 Å². The van der Waals surface area contributed by atoms with Crippen molar-refractivity contribution in [2.75, 3.05) is 0 Å². The van der Waals surface area contributed by atoms with Crippen LogP contribution in [0.25, 0.3) is 11.0 Å². The molecule has 0 bridgehead atoms. The third-order valence-corrected chi connectivity index (χ3v) is 3.68. The molecule has 4 heteroatoms. The van der Waals surface area contributed by atoms with Gasteiger partial charge in [-0.05, 0) is 18.6 Å². The molecule has 0 saturated heterocycles. The summed E-state index contributed by atoms with van der Waals surface area (Å²) in [6.07, 6.45) is 1.79. The van der Waals surface area contributed by atoms with Crippen LogP contribution in [0.15, 0.2) is 40.4 Å². The van der Waals surface area contributed by atoms with Crippen molar-refractivity contribution in [1.82, 2.24) is 4.98 Å². The van der Waals surface area contributed by atoms with Crippen molar-refractivity contribution >= 4 is 22.3 Å². The molecule has 0 spiro atoms. The van der Waals surface area contributed by atoms with Gasteiger partial charge >= 0.3 is 0 Å². The molecule has 1 atom stereocenters. The predicted octanol–water partition coefficient (Wildman–Crippen LogP) is 3.25. The van der Waals surface area contributed by atoms with Crippen molar-refractivity contribution in [3.8, 4) is 0 Å². The number of thiazole rings is 1. The lowest BCUT2D eigenvalue weighted by Gasteiger charge is -2.03. The Balaban J connectivity index is 2.10. The second-order valence-electron chi connectivity index (χ2n) is 4.02. The minimum Gasteiger partial charge on any atom is -0.459 e. The second kappa shape index (κ2) is 3.98. The van der Waals surface area contributed by atoms with Gasteiger partial charge in [0.2, 0.25) is 0 Å². The van der Waals surface area contributed by atoms with E-state index < -0.39 is 0 Å². The number of para-hydroxylation sites is 1. The molecule has 0 radical (unpaired) electrons. The van der Waals surface area contributed by atoms with Crippen molar-refractivity contribution in [2.45, 2.75) is 13.0 Å². The minimum atomic E-state index is -0.228. The normalized spacial score (nSPS) is 13.1. The van der Waals surface area contributed by atoms with Crippen LogP contribution in [0.4, 0.5) is 0 Å². The Morgan fingerprint density at radius 3 is 3.00 bits per heavy atom. The summed E-state index contributed by atoms with van der Waals surface area (Å²) >= 11 is 1.54. The first kappa shape index (κ1) is 10.5. The zero-order valence-electron chi connectivity index (χ0n) is 9.38. The lowest BCUT2D eigenvalue weighted by Crippen LogP contribution is -2.08. The molecule has 1 unspecified atom stereocenters. The zero-order chi connectivity index (χ0) is 11.8. The summed E-state index contributed by atoms with van der Waals surface area (Å²) in [6, 6.07) is 7.87. The third-order valence-electron chi connectivity index (χ3n) is 2.82.